The molecule has 0 aromatic heterocycles. The molecular weight excluding hydrogens is 360 g/mol. The van der Waals surface area contributed by atoms with E-state index < -0.39 is 5.97 Å². The van der Waals surface area contributed by atoms with Gasteiger partial charge in [0.1, 0.15) is 0 Å². The van der Waals surface area contributed by atoms with Gasteiger partial charge in [0.25, 0.3) is 0 Å². The lowest BCUT2D eigenvalue weighted by Crippen LogP contribution is -2.46. The van der Waals surface area contributed by atoms with Crippen LogP contribution in [0.15, 0.2) is 48.5 Å². The highest BCUT2D eigenvalue weighted by Gasteiger charge is 2.38. The average Bonchev–Trinajstić information content (AvgIpc) is 2.66. The van der Waals surface area contributed by atoms with Crippen molar-refractivity contribution in [3.05, 3.63) is 70.8 Å². The number of nitriles is 1. The first-order valence-electron chi connectivity index (χ1n) is 8.67. The first-order chi connectivity index (χ1) is 13.0. The molecule has 2 aromatic carbocycles. The van der Waals surface area contributed by atoms with Crippen LogP contribution in [-0.4, -0.2) is 22.4 Å². The molecule has 1 aliphatic rings. The molecule has 138 valence electrons. The molecule has 1 saturated heterocycles. The fourth-order valence-corrected chi connectivity index (χ4v) is 4.58. The van der Waals surface area contributed by atoms with E-state index in [-0.39, 0.29) is 28.7 Å². The molecule has 0 saturated carbocycles. The zero-order valence-electron chi connectivity index (χ0n) is 14.9. The van der Waals surface area contributed by atoms with Crippen LogP contribution in [0.4, 0.5) is 0 Å². The van der Waals surface area contributed by atoms with E-state index in [1.54, 1.807) is 18.2 Å². The lowest BCUT2D eigenvalue weighted by Gasteiger charge is -2.34. The summed E-state index contributed by atoms with van der Waals surface area (Å²) in [6, 6.07) is 17.1. The van der Waals surface area contributed by atoms with E-state index in [0.29, 0.717) is 12.2 Å². The Hall–Kier alpha value is -2.78. The number of nitrogens with one attached hydrogen (secondary N) is 1. The number of carboxylic acid groups (broad SMARTS) is 1. The molecule has 1 fully saturated rings. The average molecular weight is 380 g/mol. The number of nitrogens with zero attached hydrogens (tertiary/aromatic N) is 1. The molecule has 6 heteroatoms. The Morgan fingerprint density at radius 3 is 2.78 bits per heavy atom. The van der Waals surface area contributed by atoms with Crippen molar-refractivity contribution in [1.82, 2.24) is 5.32 Å². The third-order valence-electron chi connectivity index (χ3n) is 4.69. The molecule has 2 aromatic rings. The van der Waals surface area contributed by atoms with Crippen LogP contribution < -0.4 is 5.32 Å². The van der Waals surface area contributed by atoms with Crippen molar-refractivity contribution in [3.8, 4) is 6.07 Å². The predicted octanol–water partition coefficient (Wildman–Crippen LogP) is 3.70. The molecule has 5 nitrogen and oxygen atoms in total. The van der Waals surface area contributed by atoms with E-state index in [2.05, 4.69) is 11.4 Å². The number of rotatable bonds is 5. The van der Waals surface area contributed by atoms with E-state index in [4.69, 9.17) is 5.11 Å². The van der Waals surface area contributed by atoms with E-state index in [9.17, 15) is 14.9 Å². The summed E-state index contributed by atoms with van der Waals surface area (Å²) in [6.45, 7) is 2.00. The first kappa shape index (κ1) is 19.0. The summed E-state index contributed by atoms with van der Waals surface area (Å²) in [5.74, 6) is -1.01. The van der Waals surface area contributed by atoms with Crippen LogP contribution in [-0.2, 0) is 10.5 Å². The quantitative estimate of drug-likeness (QED) is 0.825. The fourth-order valence-electron chi connectivity index (χ4n) is 3.35. The van der Waals surface area contributed by atoms with Gasteiger partial charge in [0, 0.05) is 18.1 Å². The lowest BCUT2D eigenvalue weighted by molar-refractivity contribution is -0.123. The first-order valence-corrected chi connectivity index (χ1v) is 9.72. The summed E-state index contributed by atoms with van der Waals surface area (Å²) in [5, 5.41) is 21.5. The number of aryl methyl sites for hydroxylation is 1. The summed E-state index contributed by atoms with van der Waals surface area (Å²) in [6.07, 6.45) is 0.299. The Labute approximate surface area is 162 Å². The van der Waals surface area contributed by atoms with E-state index in [0.717, 1.165) is 16.7 Å². The third kappa shape index (κ3) is 4.50. The van der Waals surface area contributed by atoms with Gasteiger partial charge in [0.05, 0.1) is 22.9 Å². The number of benzene rings is 2. The minimum Gasteiger partial charge on any atom is -0.478 e. The van der Waals surface area contributed by atoms with Gasteiger partial charge in [-0.05, 0) is 30.2 Å². The molecule has 0 bridgehead atoms. The Balaban J connectivity index is 1.78. The van der Waals surface area contributed by atoms with E-state index >= 15 is 0 Å². The SMILES string of the molecule is Cc1cccc(C2CC(=O)NC(SCc3cccc(C(=O)O)c3)C2C#N)c1. The van der Waals surface area contributed by atoms with E-state index in [1.165, 1.54) is 11.8 Å². The molecule has 1 heterocycles. The van der Waals surface area contributed by atoms with Gasteiger partial charge in [-0.3, -0.25) is 4.79 Å². The van der Waals surface area contributed by atoms with Gasteiger partial charge in [-0.1, -0.05) is 42.0 Å². The highest BCUT2D eigenvalue weighted by Crippen LogP contribution is 2.38. The summed E-state index contributed by atoms with van der Waals surface area (Å²) in [7, 11) is 0. The van der Waals surface area contributed by atoms with Crippen molar-refractivity contribution in [2.75, 3.05) is 0 Å². The van der Waals surface area contributed by atoms with Crippen molar-refractivity contribution >= 4 is 23.6 Å². The van der Waals surface area contributed by atoms with Crippen molar-refractivity contribution in [2.24, 2.45) is 5.92 Å². The second-order valence-electron chi connectivity index (χ2n) is 6.68. The number of carboxylic acids is 1. The van der Waals surface area contributed by atoms with Gasteiger partial charge in [-0.25, -0.2) is 4.79 Å². The number of thioether (sulfide) groups is 1. The van der Waals surface area contributed by atoms with Gasteiger partial charge in [0.2, 0.25) is 5.91 Å². The molecule has 3 rings (SSSR count). The van der Waals surface area contributed by atoms with Gasteiger partial charge >= 0.3 is 5.97 Å². The minimum absolute atomic E-state index is 0.0650. The van der Waals surface area contributed by atoms with Crippen LogP contribution in [0.2, 0.25) is 0 Å². The normalized spacial score (nSPS) is 21.9. The minimum atomic E-state index is -0.970. The number of amides is 1. The molecule has 1 aliphatic heterocycles. The zero-order chi connectivity index (χ0) is 19.4. The fraction of sp³-hybridized carbons (Fsp3) is 0.286. The number of hydrogen-bond acceptors (Lipinski definition) is 4. The standard InChI is InChI=1S/C21H20N2O3S/c1-13-4-2-6-15(8-13)17-10-19(24)23-20(18(17)11-22)27-12-14-5-3-7-16(9-14)21(25)26/h2-9,17-18,20H,10,12H2,1H3,(H,23,24)(H,25,26). The van der Waals surface area contributed by atoms with Gasteiger partial charge in [-0.2, -0.15) is 5.26 Å². The van der Waals surface area contributed by atoms with Crippen LogP contribution in [0, 0.1) is 24.2 Å². The van der Waals surface area contributed by atoms with Crippen molar-refractivity contribution < 1.29 is 14.7 Å². The second kappa shape index (κ2) is 8.28. The van der Waals surface area contributed by atoms with Gasteiger partial charge < -0.3 is 10.4 Å². The van der Waals surface area contributed by atoms with Gasteiger partial charge in [0.15, 0.2) is 0 Å². The Kier molecular flexibility index (Phi) is 5.82. The largest absolute Gasteiger partial charge is 0.478 e. The highest BCUT2D eigenvalue weighted by atomic mass is 32.2. The number of aromatic carboxylic acids is 1. The summed E-state index contributed by atoms with van der Waals surface area (Å²) >= 11 is 1.46. The smallest absolute Gasteiger partial charge is 0.335 e. The summed E-state index contributed by atoms with van der Waals surface area (Å²) in [4.78, 5) is 23.4. The van der Waals surface area contributed by atoms with Gasteiger partial charge in [-0.15, -0.1) is 11.8 Å². The molecule has 0 radical (unpaired) electrons. The number of carbonyl (C=O) groups excluding carboxylic acids is 1. The Bertz CT molecular complexity index is 906. The monoisotopic (exact) mass is 380 g/mol. The molecule has 3 atom stereocenters. The highest BCUT2D eigenvalue weighted by molar-refractivity contribution is 7.99. The Morgan fingerprint density at radius 2 is 2.07 bits per heavy atom. The molecule has 1 amide bonds. The molecule has 0 spiro atoms. The zero-order valence-corrected chi connectivity index (χ0v) is 15.7. The van der Waals surface area contributed by atoms with Crippen LogP contribution >= 0.6 is 11.8 Å². The number of carbonyl (C=O) groups is 2. The van der Waals surface area contributed by atoms with Crippen molar-refractivity contribution in [1.29, 1.82) is 5.26 Å². The van der Waals surface area contributed by atoms with Crippen molar-refractivity contribution in [3.63, 3.8) is 0 Å². The van der Waals surface area contributed by atoms with Crippen LogP contribution in [0.25, 0.3) is 0 Å². The maximum absolute atomic E-state index is 12.2. The molecular formula is C21H20N2O3S. The number of hydrogen-bond donors (Lipinski definition) is 2. The van der Waals surface area contributed by atoms with Crippen LogP contribution in [0.1, 0.15) is 39.4 Å². The molecule has 2 N–H and O–H groups in total. The predicted molar refractivity (Wildman–Crippen MR) is 104 cm³/mol. The maximum atomic E-state index is 12.2. The van der Waals surface area contributed by atoms with Crippen molar-refractivity contribution in [2.45, 2.75) is 30.4 Å². The topological polar surface area (TPSA) is 90.2 Å². The second-order valence-corrected chi connectivity index (χ2v) is 7.81. The van der Waals surface area contributed by atoms with Crippen LogP contribution in [0.5, 0.6) is 0 Å². The molecule has 3 unspecified atom stereocenters. The Morgan fingerprint density at radius 1 is 1.30 bits per heavy atom. The number of piperidine rings is 1. The van der Waals surface area contributed by atoms with E-state index in [1.807, 2.05) is 37.3 Å². The lowest BCUT2D eigenvalue weighted by atomic mass is 9.81. The molecule has 0 aliphatic carbocycles. The third-order valence-corrected chi connectivity index (χ3v) is 5.96. The van der Waals surface area contributed by atoms with Crippen LogP contribution in [0.3, 0.4) is 0 Å². The summed E-state index contributed by atoms with van der Waals surface area (Å²) in [5.41, 5.74) is 3.19. The molecule has 27 heavy (non-hydrogen) atoms. The summed E-state index contributed by atoms with van der Waals surface area (Å²) < 4.78 is 0. The maximum Gasteiger partial charge on any atom is 0.335 e.